The van der Waals surface area contributed by atoms with Gasteiger partial charge in [-0.25, -0.2) is 0 Å². The summed E-state index contributed by atoms with van der Waals surface area (Å²) in [5, 5.41) is 6.06. The molecule has 1 aromatic rings. The SMILES string of the molecule is COC1(C(=O)NCc2ccc(COCC(F)(F)F)cc2)CCNCC1. The third-order valence-electron chi connectivity index (χ3n) is 4.23. The molecule has 0 radical (unpaired) electrons. The van der Waals surface area contributed by atoms with Gasteiger partial charge in [0, 0.05) is 13.7 Å². The van der Waals surface area contributed by atoms with Crippen LogP contribution in [0.2, 0.25) is 0 Å². The zero-order valence-corrected chi connectivity index (χ0v) is 14.1. The van der Waals surface area contributed by atoms with Crippen LogP contribution in [0.15, 0.2) is 24.3 Å². The lowest BCUT2D eigenvalue weighted by molar-refractivity contribution is -0.176. The van der Waals surface area contributed by atoms with Gasteiger partial charge in [-0.3, -0.25) is 4.79 Å². The van der Waals surface area contributed by atoms with Crippen molar-refractivity contribution in [2.45, 2.75) is 37.8 Å². The molecule has 0 aliphatic carbocycles. The molecule has 0 aromatic heterocycles. The second-order valence-corrected chi connectivity index (χ2v) is 6.06. The summed E-state index contributed by atoms with van der Waals surface area (Å²) >= 11 is 0. The Kier molecular flexibility index (Phi) is 6.80. The standard InChI is InChI=1S/C17H23F3N2O3/c1-24-16(6-8-21-9-7-16)15(23)22-10-13-2-4-14(5-3-13)11-25-12-17(18,19)20/h2-5,21H,6-12H2,1H3,(H,22,23). The van der Waals surface area contributed by atoms with Crippen molar-refractivity contribution in [2.24, 2.45) is 0 Å². The highest BCUT2D eigenvalue weighted by molar-refractivity contribution is 5.85. The van der Waals surface area contributed by atoms with Crippen LogP contribution in [0.1, 0.15) is 24.0 Å². The number of hydrogen-bond donors (Lipinski definition) is 2. The topological polar surface area (TPSA) is 59.6 Å². The van der Waals surface area contributed by atoms with E-state index in [1.807, 2.05) is 0 Å². The van der Waals surface area contributed by atoms with Gasteiger partial charge < -0.3 is 20.1 Å². The van der Waals surface area contributed by atoms with Crippen molar-refractivity contribution in [1.29, 1.82) is 0 Å². The van der Waals surface area contributed by atoms with Crippen LogP contribution in [0.4, 0.5) is 13.2 Å². The van der Waals surface area contributed by atoms with Crippen molar-refractivity contribution in [1.82, 2.24) is 10.6 Å². The first-order valence-electron chi connectivity index (χ1n) is 8.11. The minimum atomic E-state index is -4.32. The van der Waals surface area contributed by atoms with E-state index >= 15 is 0 Å². The fourth-order valence-corrected chi connectivity index (χ4v) is 2.74. The van der Waals surface area contributed by atoms with E-state index in [2.05, 4.69) is 15.4 Å². The summed E-state index contributed by atoms with van der Waals surface area (Å²) in [7, 11) is 1.54. The summed E-state index contributed by atoms with van der Waals surface area (Å²) in [6, 6.07) is 6.89. The Balaban J connectivity index is 1.81. The Morgan fingerprint density at radius 3 is 2.36 bits per heavy atom. The maximum Gasteiger partial charge on any atom is 0.411 e. The second kappa shape index (κ2) is 8.64. The Bertz CT molecular complexity index is 555. The number of nitrogens with one attached hydrogen (secondary N) is 2. The fourth-order valence-electron chi connectivity index (χ4n) is 2.74. The number of amides is 1. The number of hydrogen-bond acceptors (Lipinski definition) is 4. The smallest absolute Gasteiger partial charge is 0.368 e. The number of rotatable bonds is 7. The number of halogens is 3. The predicted octanol–water partition coefficient (Wildman–Crippen LogP) is 2.15. The molecule has 0 atom stereocenters. The molecule has 1 amide bonds. The van der Waals surface area contributed by atoms with Gasteiger partial charge in [0.15, 0.2) is 0 Å². The number of ether oxygens (including phenoxy) is 2. The van der Waals surface area contributed by atoms with Gasteiger partial charge in [-0.2, -0.15) is 13.2 Å². The van der Waals surface area contributed by atoms with Crippen molar-refractivity contribution >= 4 is 5.91 Å². The van der Waals surface area contributed by atoms with E-state index in [0.29, 0.717) is 24.9 Å². The molecule has 0 saturated carbocycles. The lowest BCUT2D eigenvalue weighted by Gasteiger charge is -2.34. The van der Waals surface area contributed by atoms with Crippen LogP contribution in [0.5, 0.6) is 0 Å². The monoisotopic (exact) mass is 360 g/mol. The van der Waals surface area contributed by atoms with Crippen molar-refractivity contribution in [2.75, 3.05) is 26.8 Å². The van der Waals surface area contributed by atoms with E-state index in [1.165, 1.54) is 0 Å². The minimum absolute atomic E-state index is 0.105. The van der Waals surface area contributed by atoms with Gasteiger partial charge in [0.2, 0.25) is 0 Å². The van der Waals surface area contributed by atoms with Gasteiger partial charge in [-0.1, -0.05) is 24.3 Å². The van der Waals surface area contributed by atoms with E-state index in [4.69, 9.17) is 4.74 Å². The molecular weight excluding hydrogens is 337 g/mol. The number of methoxy groups -OCH3 is 1. The zero-order valence-electron chi connectivity index (χ0n) is 14.1. The van der Waals surface area contributed by atoms with Crippen molar-refractivity contribution in [3.8, 4) is 0 Å². The third kappa shape index (κ3) is 5.98. The highest BCUT2D eigenvalue weighted by Gasteiger charge is 2.39. The molecule has 25 heavy (non-hydrogen) atoms. The zero-order chi connectivity index (χ0) is 18.3. The molecule has 1 saturated heterocycles. The van der Waals surface area contributed by atoms with E-state index in [-0.39, 0.29) is 12.5 Å². The largest absolute Gasteiger partial charge is 0.411 e. The van der Waals surface area contributed by atoms with E-state index in [0.717, 1.165) is 18.7 Å². The van der Waals surface area contributed by atoms with Crippen molar-refractivity contribution in [3.63, 3.8) is 0 Å². The highest BCUT2D eigenvalue weighted by Crippen LogP contribution is 2.22. The Morgan fingerprint density at radius 2 is 1.80 bits per heavy atom. The van der Waals surface area contributed by atoms with Crippen LogP contribution in [0.3, 0.4) is 0 Å². The van der Waals surface area contributed by atoms with Gasteiger partial charge in [0.25, 0.3) is 5.91 Å². The van der Waals surface area contributed by atoms with Crippen LogP contribution >= 0.6 is 0 Å². The first-order chi connectivity index (χ1) is 11.8. The first-order valence-corrected chi connectivity index (χ1v) is 8.11. The van der Waals surface area contributed by atoms with Crippen LogP contribution in [-0.2, 0) is 27.4 Å². The van der Waals surface area contributed by atoms with Crippen LogP contribution in [0.25, 0.3) is 0 Å². The Hall–Kier alpha value is -1.64. The maximum atomic E-state index is 12.4. The molecule has 5 nitrogen and oxygen atoms in total. The lowest BCUT2D eigenvalue weighted by Crippen LogP contribution is -2.53. The number of carbonyl (C=O) groups is 1. The maximum absolute atomic E-state index is 12.4. The van der Waals surface area contributed by atoms with Gasteiger partial charge >= 0.3 is 6.18 Å². The minimum Gasteiger partial charge on any atom is -0.368 e. The first kappa shape index (κ1) is 19.7. The fraction of sp³-hybridized carbons (Fsp3) is 0.588. The summed E-state index contributed by atoms with van der Waals surface area (Å²) in [4.78, 5) is 12.4. The molecule has 0 spiro atoms. The highest BCUT2D eigenvalue weighted by atomic mass is 19.4. The summed E-state index contributed by atoms with van der Waals surface area (Å²) in [6.45, 7) is 0.424. The third-order valence-corrected chi connectivity index (χ3v) is 4.23. The quantitative estimate of drug-likeness (QED) is 0.782. The molecule has 0 bridgehead atoms. The summed E-state index contributed by atoms with van der Waals surface area (Å²) in [6.07, 6.45) is -3.09. The summed E-state index contributed by atoms with van der Waals surface area (Å²) in [5.74, 6) is -0.144. The summed E-state index contributed by atoms with van der Waals surface area (Å²) < 4.78 is 46.2. The van der Waals surface area contributed by atoms with Gasteiger partial charge in [-0.15, -0.1) is 0 Å². The van der Waals surface area contributed by atoms with Crippen LogP contribution in [0, 0.1) is 0 Å². The molecule has 140 valence electrons. The molecule has 1 aliphatic rings. The van der Waals surface area contributed by atoms with E-state index in [9.17, 15) is 18.0 Å². The van der Waals surface area contributed by atoms with Gasteiger partial charge in [0.05, 0.1) is 6.61 Å². The number of carbonyl (C=O) groups excluding carboxylic acids is 1. The molecule has 2 N–H and O–H groups in total. The van der Waals surface area contributed by atoms with Gasteiger partial charge in [-0.05, 0) is 37.1 Å². The second-order valence-electron chi connectivity index (χ2n) is 6.06. The molecule has 0 unspecified atom stereocenters. The van der Waals surface area contributed by atoms with Crippen LogP contribution < -0.4 is 10.6 Å². The predicted molar refractivity (Wildman–Crippen MR) is 85.8 cm³/mol. The molecule has 1 fully saturated rings. The summed E-state index contributed by atoms with van der Waals surface area (Å²) in [5.41, 5.74) is 0.704. The number of alkyl halides is 3. The van der Waals surface area contributed by atoms with Gasteiger partial charge in [0.1, 0.15) is 12.2 Å². The van der Waals surface area contributed by atoms with Crippen molar-refractivity contribution < 1.29 is 27.4 Å². The average Bonchev–Trinajstić information content (AvgIpc) is 2.60. The Labute approximate surface area is 144 Å². The number of piperidine rings is 1. The molecule has 1 aliphatic heterocycles. The number of benzene rings is 1. The normalized spacial score (nSPS) is 17.3. The molecule has 1 aromatic carbocycles. The molecule has 1 heterocycles. The van der Waals surface area contributed by atoms with E-state index in [1.54, 1.807) is 31.4 Å². The van der Waals surface area contributed by atoms with Crippen molar-refractivity contribution in [3.05, 3.63) is 35.4 Å². The lowest BCUT2D eigenvalue weighted by atomic mass is 9.91. The Morgan fingerprint density at radius 1 is 1.20 bits per heavy atom. The molecule has 8 heteroatoms. The molecular formula is C17H23F3N2O3. The van der Waals surface area contributed by atoms with Crippen LogP contribution in [-0.4, -0.2) is 44.5 Å². The van der Waals surface area contributed by atoms with E-state index < -0.39 is 18.4 Å². The average molecular weight is 360 g/mol. The molecule has 2 rings (SSSR count).